The minimum absolute atomic E-state index is 0.421. The highest BCUT2D eigenvalue weighted by molar-refractivity contribution is 6.30. The van der Waals surface area contributed by atoms with Crippen molar-refractivity contribution in [3.05, 3.63) is 34.9 Å². The summed E-state index contributed by atoms with van der Waals surface area (Å²) in [5.41, 5.74) is 1.27. The van der Waals surface area contributed by atoms with Crippen LogP contribution in [0.1, 0.15) is 31.7 Å². The van der Waals surface area contributed by atoms with E-state index >= 15 is 0 Å². The molecule has 0 spiro atoms. The SMILES string of the molecule is COCCOCCC(CNCC(C)C)c1cccc(Cl)c1. The van der Waals surface area contributed by atoms with Crippen LogP contribution in [-0.4, -0.2) is 40.0 Å². The lowest BCUT2D eigenvalue weighted by atomic mass is 9.96. The van der Waals surface area contributed by atoms with Crippen LogP contribution in [0.4, 0.5) is 0 Å². The van der Waals surface area contributed by atoms with Gasteiger partial charge in [0.05, 0.1) is 13.2 Å². The molecular formula is C17H28ClNO2. The number of hydrogen-bond donors (Lipinski definition) is 1. The summed E-state index contributed by atoms with van der Waals surface area (Å²) in [6, 6.07) is 8.12. The summed E-state index contributed by atoms with van der Waals surface area (Å²) in [5, 5.41) is 4.32. The summed E-state index contributed by atoms with van der Waals surface area (Å²) in [5.74, 6) is 1.08. The predicted molar refractivity (Wildman–Crippen MR) is 89.2 cm³/mol. The molecule has 0 saturated carbocycles. The first-order valence-corrected chi connectivity index (χ1v) is 8.04. The van der Waals surface area contributed by atoms with E-state index in [1.165, 1.54) is 5.56 Å². The van der Waals surface area contributed by atoms with Gasteiger partial charge in [-0.3, -0.25) is 0 Å². The topological polar surface area (TPSA) is 30.5 Å². The molecule has 1 aromatic carbocycles. The van der Waals surface area contributed by atoms with E-state index < -0.39 is 0 Å². The molecule has 21 heavy (non-hydrogen) atoms. The van der Waals surface area contributed by atoms with Gasteiger partial charge in [0, 0.05) is 25.3 Å². The summed E-state index contributed by atoms with van der Waals surface area (Å²) >= 11 is 6.11. The molecular weight excluding hydrogens is 286 g/mol. The quantitative estimate of drug-likeness (QED) is 0.632. The van der Waals surface area contributed by atoms with Crippen molar-refractivity contribution in [3.8, 4) is 0 Å². The number of halogens is 1. The van der Waals surface area contributed by atoms with Gasteiger partial charge in [0.1, 0.15) is 0 Å². The van der Waals surface area contributed by atoms with Crippen LogP contribution in [0.25, 0.3) is 0 Å². The third-order valence-corrected chi connectivity index (χ3v) is 3.54. The number of benzene rings is 1. The van der Waals surface area contributed by atoms with Crippen molar-refractivity contribution >= 4 is 11.6 Å². The molecule has 1 atom stereocenters. The molecule has 120 valence electrons. The van der Waals surface area contributed by atoms with Gasteiger partial charge >= 0.3 is 0 Å². The first-order chi connectivity index (χ1) is 10.1. The van der Waals surface area contributed by atoms with Gasteiger partial charge in [-0.1, -0.05) is 37.6 Å². The molecule has 3 nitrogen and oxygen atoms in total. The van der Waals surface area contributed by atoms with Crippen molar-refractivity contribution in [1.29, 1.82) is 0 Å². The van der Waals surface area contributed by atoms with E-state index in [1.807, 2.05) is 12.1 Å². The molecule has 0 fully saturated rings. The van der Waals surface area contributed by atoms with Gasteiger partial charge in [0.15, 0.2) is 0 Å². The first kappa shape index (κ1) is 18.4. The second-order valence-corrected chi connectivity index (χ2v) is 6.13. The van der Waals surface area contributed by atoms with Crippen LogP contribution >= 0.6 is 11.6 Å². The van der Waals surface area contributed by atoms with E-state index in [9.17, 15) is 0 Å². The van der Waals surface area contributed by atoms with Crippen LogP contribution in [-0.2, 0) is 9.47 Å². The van der Waals surface area contributed by atoms with E-state index in [1.54, 1.807) is 7.11 Å². The Morgan fingerprint density at radius 2 is 1.95 bits per heavy atom. The standard InChI is InChI=1S/C17H28ClNO2/c1-14(2)12-19-13-16(7-8-21-10-9-20-3)15-5-4-6-17(18)11-15/h4-6,11,14,16,19H,7-10,12-13H2,1-3H3. The van der Waals surface area contributed by atoms with Gasteiger partial charge in [0.25, 0.3) is 0 Å². The number of rotatable bonds is 11. The lowest BCUT2D eigenvalue weighted by Gasteiger charge is -2.19. The van der Waals surface area contributed by atoms with Crippen molar-refractivity contribution in [3.63, 3.8) is 0 Å². The molecule has 1 N–H and O–H groups in total. The molecule has 1 aromatic rings. The summed E-state index contributed by atoms with van der Waals surface area (Å²) < 4.78 is 10.6. The molecule has 1 unspecified atom stereocenters. The average molecular weight is 314 g/mol. The van der Waals surface area contributed by atoms with Crippen molar-refractivity contribution in [2.45, 2.75) is 26.2 Å². The first-order valence-electron chi connectivity index (χ1n) is 7.66. The summed E-state index contributed by atoms with van der Waals surface area (Å²) in [6.07, 6.45) is 0.981. The lowest BCUT2D eigenvalue weighted by Crippen LogP contribution is -2.26. The highest BCUT2D eigenvalue weighted by Gasteiger charge is 2.12. The van der Waals surface area contributed by atoms with Gasteiger partial charge in [-0.25, -0.2) is 0 Å². The average Bonchev–Trinajstić information content (AvgIpc) is 2.45. The zero-order valence-corrected chi connectivity index (χ0v) is 14.2. The van der Waals surface area contributed by atoms with E-state index in [4.69, 9.17) is 21.1 Å². The fraction of sp³-hybridized carbons (Fsp3) is 0.647. The number of methoxy groups -OCH3 is 1. The molecule has 0 aliphatic rings. The predicted octanol–water partition coefficient (Wildman–Crippen LogP) is 3.72. The van der Waals surface area contributed by atoms with Crippen LogP contribution in [0.15, 0.2) is 24.3 Å². The minimum Gasteiger partial charge on any atom is -0.382 e. The van der Waals surface area contributed by atoms with Crippen molar-refractivity contribution in [2.75, 3.05) is 40.0 Å². The highest BCUT2D eigenvalue weighted by atomic mass is 35.5. The van der Waals surface area contributed by atoms with E-state index in [0.717, 1.165) is 31.1 Å². The molecule has 0 aliphatic carbocycles. The largest absolute Gasteiger partial charge is 0.382 e. The van der Waals surface area contributed by atoms with Crippen molar-refractivity contribution in [1.82, 2.24) is 5.32 Å². The summed E-state index contributed by atoms with van der Waals surface area (Å²) in [6.45, 7) is 8.45. The summed E-state index contributed by atoms with van der Waals surface area (Å²) in [4.78, 5) is 0. The maximum absolute atomic E-state index is 6.11. The zero-order valence-electron chi connectivity index (χ0n) is 13.4. The Bertz CT molecular complexity index is 385. The number of hydrogen-bond acceptors (Lipinski definition) is 3. The van der Waals surface area contributed by atoms with Crippen LogP contribution in [0.3, 0.4) is 0 Å². The molecule has 4 heteroatoms. The minimum atomic E-state index is 0.421. The van der Waals surface area contributed by atoms with Gasteiger partial charge in [0.2, 0.25) is 0 Å². The Morgan fingerprint density at radius 3 is 2.62 bits per heavy atom. The summed E-state index contributed by atoms with van der Waals surface area (Å²) in [7, 11) is 1.69. The Balaban J connectivity index is 2.49. The van der Waals surface area contributed by atoms with Crippen LogP contribution in [0.5, 0.6) is 0 Å². The third kappa shape index (κ3) is 8.42. The number of ether oxygens (including phenoxy) is 2. The van der Waals surface area contributed by atoms with Crippen molar-refractivity contribution < 1.29 is 9.47 Å². The molecule has 0 aliphatic heterocycles. The maximum Gasteiger partial charge on any atom is 0.0700 e. The molecule has 1 rings (SSSR count). The van der Waals surface area contributed by atoms with E-state index in [2.05, 4.69) is 31.3 Å². The van der Waals surface area contributed by atoms with Gasteiger partial charge in [-0.2, -0.15) is 0 Å². The maximum atomic E-state index is 6.11. The van der Waals surface area contributed by atoms with Crippen LogP contribution in [0.2, 0.25) is 5.02 Å². The Kier molecular flexibility index (Phi) is 9.68. The Labute approximate surface area is 134 Å². The van der Waals surface area contributed by atoms with Gasteiger partial charge in [-0.05, 0) is 42.5 Å². The van der Waals surface area contributed by atoms with Crippen LogP contribution in [0, 0.1) is 5.92 Å². The number of nitrogens with one attached hydrogen (secondary N) is 1. The van der Waals surface area contributed by atoms with Crippen molar-refractivity contribution in [2.24, 2.45) is 5.92 Å². The monoisotopic (exact) mass is 313 g/mol. The molecule has 0 aromatic heterocycles. The zero-order chi connectivity index (χ0) is 15.5. The van der Waals surface area contributed by atoms with Gasteiger partial charge in [-0.15, -0.1) is 0 Å². The molecule has 0 amide bonds. The molecule has 0 bridgehead atoms. The molecule has 0 heterocycles. The smallest absolute Gasteiger partial charge is 0.0700 e. The second kappa shape index (κ2) is 11.0. The normalized spacial score (nSPS) is 12.8. The fourth-order valence-electron chi connectivity index (χ4n) is 2.16. The third-order valence-electron chi connectivity index (χ3n) is 3.31. The van der Waals surface area contributed by atoms with E-state index in [-0.39, 0.29) is 0 Å². The Hall–Kier alpha value is -0.610. The van der Waals surface area contributed by atoms with E-state index in [0.29, 0.717) is 25.0 Å². The van der Waals surface area contributed by atoms with Gasteiger partial charge < -0.3 is 14.8 Å². The highest BCUT2D eigenvalue weighted by Crippen LogP contribution is 2.22. The fourth-order valence-corrected chi connectivity index (χ4v) is 2.36. The molecule has 0 saturated heterocycles. The second-order valence-electron chi connectivity index (χ2n) is 5.70. The molecule has 0 radical (unpaired) electrons. The Morgan fingerprint density at radius 1 is 1.14 bits per heavy atom. The lowest BCUT2D eigenvalue weighted by molar-refractivity contribution is 0.0669. The van der Waals surface area contributed by atoms with Crippen LogP contribution < -0.4 is 5.32 Å².